The lowest BCUT2D eigenvalue weighted by Gasteiger charge is -1.78. The van der Waals surface area contributed by atoms with Crippen molar-refractivity contribution in [2.24, 2.45) is 0 Å². The summed E-state index contributed by atoms with van der Waals surface area (Å²) in [7, 11) is 0. The summed E-state index contributed by atoms with van der Waals surface area (Å²) < 4.78 is 0. The molecule has 0 aromatic heterocycles. The average molecular weight is 97.1 g/mol. The Kier molecular flexibility index (Phi) is 0.855. The minimum atomic E-state index is 0.220. The third kappa shape index (κ3) is 0.796. The van der Waals surface area contributed by atoms with Crippen LogP contribution in [0.15, 0.2) is 12.3 Å². The second-order valence-electron chi connectivity index (χ2n) is 1.50. The van der Waals surface area contributed by atoms with Gasteiger partial charge in [-0.05, 0) is 6.92 Å². The van der Waals surface area contributed by atoms with Crippen LogP contribution in [0.4, 0.5) is 0 Å². The zero-order valence-electron chi connectivity index (χ0n) is 4.22. The van der Waals surface area contributed by atoms with E-state index in [1.165, 1.54) is 0 Å². The van der Waals surface area contributed by atoms with E-state index >= 15 is 0 Å². The summed E-state index contributed by atoms with van der Waals surface area (Å²) in [6.07, 6.45) is 3.63. The maximum Gasteiger partial charge on any atom is 0.247 e. The van der Waals surface area contributed by atoms with Gasteiger partial charge in [-0.2, -0.15) is 0 Å². The first kappa shape index (κ1) is 4.37. The molecule has 0 atom stereocenters. The van der Waals surface area contributed by atoms with Gasteiger partial charge in [-0.1, -0.05) is 6.08 Å². The molecule has 1 saturated heterocycles. The number of amides is 1. The molecule has 1 amide bonds. The summed E-state index contributed by atoms with van der Waals surface area (Å²) in [6.45, 7) is 2.51. The Morgan fingerprint density at radius 2 is 2.43 bits per heavy atom. The predicted molar refractivity (Wildman–Crippen MR) is 26.5 cm³/mol. The molecule has 0 saturated carbocycles. The van der Waals surface area contributed by atoms with E-state index in [9.17, 15) is 4.79 Å². The van der Waals surface area contributed by atoms with Crippen LogP contribution in [0.5, 0.6) is 0 Å². The topological polar surface area (TPSA) is 20.1 Å². The minimum Gasteiger partial charge on any atom is -0.308 e. The molecular formula is C5H7NO. The van der Waals surface area contributed by atoms with E-state index in [2.05, 4.69) is 0 Å². The fourth-order valence-electron chi connectivity index (χ4n) is 0.426. The van der Waals surface area contributed by atoms with Crippen molar-refractivity contribution < 1.29 is 4.79 Å². The van der Waals surface area contributed by atoms with E-state index in [0.29, 0.717) is 6.54 Å². The van der Waals surface area contributed by atoms with E-state index in [-0.39, 0.29) is 5.91 Å². The number of nitrogens with zero attached hydrogens (tertiary/aromatic N) is 1. The van der Waals surface area contributed by atoms with Crippen LogP contribution >= 0.6 is 0 Å². The van der Waals surface area contributed by atoms with Gasteiger partial charge in [0.1, 0.15) is 6.54 Å². The molecule has 1 fully saturated rings. The molecule has 0 radical (unpaired) electrons. The number of rotatable bonds is 1. The van der Waals surface area contributed by atoms with E-state index in [1.807, 2.05) is 13.0 Å². The predicted octanol–water partition coefficient (Wildman–Crippen LogP) is 0.362. The molecule has 38 valence electrons. The molecule has 0 N–H and O–H groups in total. The molecular weight excluding hydrogens is 90.1 g/mol. The van der Waals surface area contributed by atoms with Crippen molar-refractivity contribution in [2.75, 3.05) is 6.54 Å². The summed E-state index contributed by atoms with van der Waals surface area (Å²) in [4.78, 5) is 11.8. The smallest absolute Gasteiger partial charge is 0.247 e. The van der Waals surface area contributed by atoms with Crippen molar-refractivity contribution in [3.05, 3.63) is 12.3 Å². The second kappa shape index (κ2) is 1.37. The zero-order valence-corrected chi connectivity index (χ0v) is 4.22. The van der Waals surface area contributed by atoms with Gasteiger partial charge in [-0.3, -0.25) is 4.79 Å². The quantitative estimate of drug-likeness (QED) is 0.432. The highest BCUT2D eigenvalue weighted by atomic mass is 16.2. The van der Waals surface area contributed by atoms with Crippen LogP contribution in [-0.2, 0) is 4.79 Å². The monoisotopic (exact) mass is 97.1 g/mol. The summed E-state index contributed by atoms with van der Waals surface area (Å²) in [5.41, 5.74) is 0. The van der Waals surface area contributed by atoms with Crippen LogP contribution < -0.4 is 0 Å². The Balaban J connectivity index is 2.34. The summed E-state index contributed by atoms with van der Waals surface area (Å²) in [5, 5.41) is 0. The number of hydrogen-bond donors (Lipinski definition) is 0. The summed E-state index contributed by atoms with van der Waals surface area (Å²) in [5.74, 6) is 0.220. The van der Waals surface area contributed by atoms with Gasteiger partial charge in [0.25, 0.3) is 0 Å². The first-order valence-electron chi connectivity index (χ1n) is 2.27. The van der Waals surface area contributed by atoms with Gasteiger partial charge in [0, 0.05) is 6.20 Å². The number of allylic oxidation sites excluding steroid dienone is 1. The fourth-order valence-corrected chi connectivity index (χ4v) is 0.426. The summed E-state index contributed by atoms with van der Waals surface area (Å²) in [6, 6.07) is 0. The third-order valence-corrected chi connectivity index (χ3v) is 0.852. The van der Waals surface area contributed by atoms with E-state index in [1.54, 1.807) is 11.1 Å². The maximum atomic E-state index is 10.2. The largest absolute Gasteiger partial charge is 0.308 e. The Morgan fingerprint density at radius 3 is 2.57 bits per heavy atom. The van der Waals surface area contributed by atoms with Crippen molar-refractivity contribution >= 4 is 5.91 Å². The summed E-state index contributed by atoms with van der Waals surface area (Å²) >= 11 is 0. The van der Waals surface area contributed by atoms with Crippen molar-refractivity contribution in [1.82, 2.24) is 4.90 Å². The van der Waals surface area contributed by atoms with Gasteiger partial charge in [0.2, 0.25) is 5.91 Å². The molecule has 0 bridgehead atoms. The van der Waals surface area contributed by atoms with Crippen molar-refractivity contribution in [2.45, 2.75) is 6.92 Å². The van der Waals surface area contributed by atoms with Crippen LogP contribution in [0.3, 0.4) is 0 Å². The first-order valence-corrected chi connectivity index (χ1v) is 2.27. The van der Waals surface area contributed by atoms with Crippen molar-refractivity contribution in [3.8, 4) is 0 Å². The number of carbonyl (C=O) groups is 1. The van der Waals surface area contributed by atoms with Crippen LogP contribution in [0.1, 0.15) is 6.92 Å². The van der Waals surface area contributed by atoms with Gasteiger partial charge >= 0.3 is 0 Å². The van der Waals surface area contributed by atoms with Crippen LogP contribution in [-0.4, -0.2) is 17.4 Å². The second-order valence-corrected chi connectivity index (χ2v) is 1.50. The normalized spacial score (nSPS) is 19.0. The van der Waals surface area contributed by atoms with Gasteiger partial charge in [-0.25, -0.2) is 0 Å². The molecule has 2 nitrogen and oxygen atoms in total. The van der Waals surface area contributed by atoms with E-state index in [4.69, 9.17) is 0 Å². The van der Waals surface area contributed by atoms with E-state index in [0.717, 1.165) is 0 Å². The maximum absolute atomic E-state index is 10.2. The minimum absolute atomic E-state index is 0.220. The Bertz CT molecular complexity index is 117. The Hall–Kier alpha value is -0.790. The van der Waals surface area contributed by atoms with Gasteiger partial charge < -0.3 is 4.90 Å². The molecule has 7 heavy (non-hydrogen) atoms. The fraction of sp³-hybridized carbons (Fsp3) is 0.400. The molecule has 0 unspecified atom stereocenters. The molecule has 1 aliphatic heterocycles. The van der Waals surface area contributed by atoms with Crippen LogP contribution in [0.25, 0.3) is 0 Å². The average Bonchev–Trinajstić information content (AvgIpc) is 2.22. The van der Waals surface area contributed by atoms with Gasteiger partial charge in [-0.15, -0.1) is 0 Å². The lowest BCUT2D eigenvalue weighted by atomic mass is 10.7. The standard InChI is InChI=1S/C5H7NO/c1-2-3-6-4-5(6)7/h2-3H,4H2,1H3. The first-order chi connectivity index (χ1) is 3.34. The highest BCUT2D eigenvalue weighted by molar-refractivity contribution is 5.93. The molecule has 0 aromatic carbocycles. The molecule has 0 aromatic rings. The number of hydrogen-bond acceptors (Lipinski definition) is 1. The Labute approximate surface area is 42.4 Å². The Morgan fingerprint density at radius 1 is 1.86 bits per heavy atom. The zero-order chi connectivity index (χ0) is 5.28. The highest BCUT2D eigenvalue weighted by Gasteiger charge is 2.26. The van der Waals surface area contributed by atoms with Gasteiger partial charge in [0.15, 0.2) is 0 Å². The van der Waals surface area contributed by atoms with Crippen molar-refractivity contribution in [1.29, 1.82) is 0 Å². The molecule has 1 aliphatic rings. The molecule has 1 heterocycles. The van der Waals surface area contributed by atoms with Crippen LogP contribution in [0, 0.1) is 0 Å². The van der Waals surface area contributed by atoms with E-state index < -0.39 is 0 Å². The highest BCUT2D eigenvalue weighted by Crippen LogP contribution is 2.05. The van der Waals surface area contributed by atoms with Crippen molar-refractivity contribution in [3.63, 3.8) is 0 Å². The molecule has 0 aliphatic carbocycles. The SMILES string of the molecule is CC=CN1CC1=O. The number of carbonyl (C=O) groups excluding carboxylic acids is 1. The third-order valence-electron chi connectivity index (χ3n) is 0.852. The molecule has 2 heteroatoms. The van der Waals surface area contributed by atoms with Gasteiger partial charge in [0.05, 0.1) is 0 Å². The lowest BCUT2D eigenvalue weighted by molar-refractivity contribution is -0.112. The lowest BCUT2D eigenvalue weighted by Crippen LogP contribution is -1.80. The molecule has 1 rings (SSSR count). The van der Waals surface area contributed by atoms with Crippen LogP contribution in [0.2, 0.25) is 0 Å². The molecule has 0 spiro atoms.